The predicted molar refractivity (Wildman–Crippen MR) is 81.7 cm³/mol. The van der Waals surface area contributed by atoms with Crippen LogP contribution in [0, 0.1) is 6.92 Å². The van der Waals surface area contributed by atoms with Crippen molar-refractivity contribution in [3.8, 4) is 0 Å². The first-order chi connectivity index (χ1) is 9.24. The van der Waals surface area contributed by atoms with Gasteiger partial charge in [-0.05, 0) is 50.7 Å². The van der Waals surface area contributed by atoms with E-state index in [9.17, 15) is 0 Å². The molecule has 4 heteroatoms. The van der Waals surface area contributed by atoms with Crippen molar-refractivity contribution in [1.82, 2.24) is 15.1 Å². The van der Waals surface area contributed by atoms with Crippen LogP contribution in [0.25, 0.3) is 0 Å². The molecule has 0 aliphatic heterocycles. The summed E-state index contributed by atoms with van der Waals surface area (Å²) in [5.41, 5.74) is 2.43. The van der Waals surface area contributed by atoms with Gasteiger partial charge < -0.3 is 5.32 Å². The molecule has 0 radical (unpaired) electrons. The highest BCUT2D eigenvalue weighted by molar-refractivity contribution is 7.09. The van der Waals surface area contributed by atoms with Crippen LogP contribution in [0.4, 0.5) is 0 Å². The summed E-state index contributed by atoms with van der Waals surface area (Å²) in [6, 6.07) is 6.96. The maximum atomic E-state index is 4.56. The Bertz CT molecular complexity index is 487. The molecule has 1 unspecified atom stereocenters. The third kappa shape index (κ3) is 3.67. The molecule has 0 aliphatic carbocycles. The fourth-order valence-electron chi connectivity index (χ4n) is 2.44. The van der Waals surface area contributed by atoms with Crippen molar-refractivity contribution in [3.05, 3.63) is 39.8 Å². The van der Waals surface area contributed by atoms with Crippen LogP contribution < -0.4 is 5.32 Å². The van der Waals surface area contributed by atoms with E-state index in [1.165, 1.54) is 10.6 Å². The van der Waals surface area contributed by atoms with Crippen molar-refractivity contribution in [3.63, 3.8) is 0 Å². The Morgan fingerprint density at radius 1 is 1.42 bits per heavy atom. The number of thiophene rings is 1. The molecular formula is C15H23N3S. The maximum absolute atomic E-state index is 4.56. The van der Waals surface area contributed by atoms with E-state index >= 15 is 0 Å². The van der Waals surface area contributed by atoms with Gasteiger partial charge in [0.2, 0.25) is 0 Å². The Morgan fingerprint density at radius 2 is 2.26 bits per heavy atom. The summed E-state index contributed by atoms with van der Waals surface area (Å²) in [4.78, 5) is 1.46. The molecule has 0 spiro atoms. The van der Waals surface area contributed by atoms with Gasteiger partial charge in [-0.15, -0.1) is 11.3 Å². The highest BCUT2D eigenvalue weighted by Gasteiger charge is 2.16. The molecule has 1 N–H and O–H groups in total. The second-order valence-electron chi connectivity index (χ2n) is 4.75. The first kappa shape index (κ1) is 14.3. The summed E-state index contributed by atoms with van der Waals surface area (Å²) >= 11 is 1.84. The number of nitrogens with one attached hydrogen (secondary N) is 1. The van der Waals surface area contributed by atoms with Gasteiger partial charge in [0.25, 0.3) is 0 Å². The van der Waals surface area contributed by atoms with Crippen LogP contribution in [0.5, 0.6) is 0 Å². The number of rotatable bonds is 7. The largest absolute Gasteiger partial charge is 0.309 e. The van der Waals surface area contributed by atoms with Crippen LogP contribution in [0.2, 0.25) is 0 Å². The van der Waals surface area contributed by atoms with Crippen LogP contribution in [0.15, 0.2) is 23.6 Å². The van der Waals surface area contributed by atoms with Crippen molar-refractivity contribution in [2.45, 2.75) is 46.2 Å². The third-order valence-corrected chi connectivity index (χ3v) is 4.24. The van der Waals surface area contributed by atoms with Crippen LogP contribution >= 0.6 is 11.3 Å². The second kappa shape index (κ2) is 6.87. The molecule has 0 amide bonds. The lowest BCUT2D eigenvalue weighted by molar-refractivity contribution is 0.467. The zero-order chi connectivity index (χ0) is 13.7. The molecule has 2 aromatic heterocycles. The highest BCUT2D eigenvalue weighted by Crippen LogP contribution is 2.22. The van der Waals surface area contributed by atoms with Gasteiger partial charge in [0.1, 0.15) is 0 Å². The number of hydrogen-bond donors (Lipinski definition) is 1. The van der Waals surface area contributed by atoms with E-state index < -0.39 is 0 Å². The average Bonchev–Trinajstić information content (AvgIpc) is 3.03. The van der Waals surface area contributed by atoms with Gasteiger partial charge in [0.15, 0.2) is 0 Å². The molecule has 104 valence electrons. The van der Waals surface area contributed by atoms with Crippen LogP contribution in [0.3, 0.4) is 0 Å². The third-order valence-electron chi connectivity index (χ3n) is 3.30. The number of nitrogens with zero attached hydrogens (tertiary/aromatic N) is 2. The maximum Gasteiger partial charge on any atom is 0.0597 e. The lowest BCUT2D eigenvalue weighted by Crippen LogP contribution is -2.24. The van der Waals surface area contributed by atoms with E-state index in [1.54, 1.807) is 0 Å². The second-order valence-corrected chi connectivity index (χ2v) is 5.79. The van der Waals surface area contributed by atoms with Crippen LogP contribution in [-0.4, -0.2) is 16.3 Å². The highest BCUT2D eigenvalue weighted by atomic mass is 32.1. The Kier molecular flexibility index (Phi) is 5.16. The van der Waals surface area contributed by atoms with Gasteiger partial charge in [0, 0.05) is 17.5 Å². The number of aryl methyl sites for hydroxylation is 3. The first-order valence-electron chi connectivity index (χ1n) is 7.04. The molecule has 0 aliphatic rings. The zero-order valence-electron chi connectivity index (χ0n) is 12.0. The first-order valence-corrected chi connectivity index (χ1v) is 7.92. The Balaban J connectivity index is 2.09. The summed E-state index contributed by atoms with van der Waals surface area (Å²) in [6.07, 6.45) is 2.25. The van der Waals surface area contributed by atoms with Crippen molar-refractivity contribution >= 4 is 11.3 Å². The molecule has 1 atom stereocenters. The predicted octanol–water partition coefficient (Wildman–Crippen LogP) is 3.56. The van der Waals surface area contributed by atoms with Gasteiger partial charge >= 0.3 is 0 Å². The fraction of sp³-hybridized carbons (Fsp3) is 0.533. The smallest absolute Gasteiger partial charge is 0.0597 e. The molecule has 2 heterocycles. The molecule has 0 saturated heterocycles. The standard InChI is InChI=1S/C15H23N3S/c1-4-16-14(9-8-13-7-6-10-19-13)15-11-12(3)17-18(15)5-2/h6-7,10-11,14,16H,4-5,8-9H2,1-3H3. The summed E-state index contributed by atoms with van der Waals surface area (Å²) in [6.45, 7) is 8.31. The van der Waals surface area contributed by atoms with E-state index in [0.717, 1.165) is 31.6 Å². The SMILES string of the molecule is CCNC(CCc1cccs1)c1cc(C)nn1CC. The number of hydrogen-bond acceptors (Lipinski definition) is 3. The summed E-state index contributed by atoms with van der Waals surface area (Å²) in [5, 5.41) is 10.3. The van der Waals surface area contributed by atoms with Gasteiger partial charge in [-0.3, -0.25) is 4.68 Å². The van der Waals surface area contributed by atoms with Crippen LogP contribution in [-0.2, 0) is 13.0 Å². The monoisotopic (exact) mass is 277 g/mol. The van der Waals surface area contributed by atoms with Gasteiger partial charge in [-0.25, -0.2) is 0 Å². The summed E-state index contributed by atoms with van der Waals surface area (Å²) < 4.78 is 2.12. The summed E-state index contributed by atoms with van der Waals surface area (Å²) in [7, 11) is 0. The van der Waals surface area contributed by atoms with E-state index in [4.69, 9.17) is 0 Å². The lowest BCUT2D eigenvalue weighted by Gasteiger charge is -2.18. The Hall–Kier alpha value is -1.13. The quantitative estimate of drug-likeness (QED) is 0.838. The minimum atomic E-state index is 0.397. The summed E-state index contributed by atoms with van der Waals surface area (Å²) in [5.74, 6) is 0. The van der Waals surface area contributed by atoms with Gasteiger partial charge in [0.05, 0.1) is 11.4 Å². The van der Waals surface area contributed by atoms with E-state index in [2.05, 4.69) is 59.4 Å². The lowest BCUT2D eigenvalue weighted by atomic mass is 10.1. The molecule has 0 fully saturated rings. The molecule has 3 nitrogen and oxygen atoms in total. The minimum absolute atomic E-state index is 0.397. The molecule has 2 aromatic rings. The van der Waals surface area contributed by atoms with Crippen molar-refractivity contribution < 1.29 is 0 Å². The topological polar surface area (TPSA) is 29.9 Å². The van der Waals surface area contributed by atoms with Gasteiger partial charge in [-0.2, -0.15) is 5.10 Å². The Labute approximate surface area is 119 Å². The average molecular weight is 277 g/mol. The van der Waals surface area contributed by atoms with E-state index in [0.29, 0.717) is 6.04 Å². The Morgan fingerprint density at radius 3 is 2.89 bits per heavy atom. The normalized spacial score (nSPS) is 12.8. The van der Waals surface area contributed by atoms with Crippen molar-refractivity contribution in [2.75, 3.05) is 6.54 Å². The number of aromatic nitrogens is 2. The van der Waals surface area contributed by atoms with Gasteiger partial charge in [-0.1, -0.05) is 13.0 Å². The van der Waals surface area contributed by atoms with E-state index in [1.807, 2.05) is 11.3 Å². The molecule has 19 heavy (non-hydrogen) atoms. The molecule has 0 bridgehead atoms. The van der Waals surface area contributed by atoms with Crippen LogP contribution in [0.1, 0.15) is 42.6 Å². The minimum Gasteiger partial charge on any atom is -0.309 e. The molecule has 0 saturated carbocycles. The van der Waals surface area contributed by atoms with E-state index in [-0.39, 0.29) is 0 Å². The fourth-order valence-corrected chi connectivity index (χ4v) is 3.17. The molecule has 0 aromatic carbocycles. The van der Waals surface area contributed by atoms with Crippen molar-refractivity contribution in [2.24, 2.45) is 0 Å². The van der Waals surface area contributed by atoms with Crippen molar-refractivity contribution in [1.29, 1.82) is 0 Å². The molecule has 2 rings (SSSR count). The zero-order valence-corrected chi connectivity index (χ0v) is 12.8. The molecular weight excluding hydrogens is 254 g/mol.